The van der Waals surface area contributed by atoms with Gasteiger partial charge in [-0.2, -0.15) is 0 Å². The van der Waals surface area contributed by atoms with E-state index in [4.69, 9.17) is 4.74 Å². The fourth-order valence-electron chi connectivity index (χ4n) is 1.49. The molecule has 0 aromatic rings. The molecule has 0 aliphatic carbocycles. The smallest absolute Gasteiger partial charge is 0.407 e. The second kappa shape index (κ2) is 6.63. The summed E-state index contributed by atoms with van der Waals surface area (Å²) in [6, 6.07) is -0.229. The number of hydrogen-bond donors (Lipinski definition) is 3. The van der Waals surface area contributed by atoms with Gasteiger partial charge in [0, 0.05) is 6.54 Å². The lowest BCUT2D eigenvalue weighted by atomic mass is 10.0. The Kier molecular flexibility index (Phi) is 5.42. The summed E-state index contributed by atoms with van der Waals surface area (Å²) in [4.78, 5) is 11.3. The number of unbranched alkanes of at least 4 members (excludes halogenated alkanes) is 1. The Balaban J connectivity index is 2.18. The Labute approximate surface area is 90.2 Å². The first-order chi connectivity index (χ1) is 7.24. The van der Waals surface area contributed by atoms with Gasteiger partial charge in [-0.3, -0.25) is 0 Å². The molecule has 0 aromatic carbocycles. The molecule has 1 amide bonds. The Bertz CT molecular complexity index is 199. The zero-order valence-corrected chi connectivity index (χ0v) is 9.16. The summed E-state index contributed by atoms with van der Waals surface area (Å²) in [5.41, 5.74) is 0. The number of piperidine rings is 1. The van der Waals surface area contributed by atoms with E-state index in [0.717, 1.165) is 19.4 Å². The van der Waals surface area contributed by atoms with Gasteiger partial charge in [0.2, 0.25) is 0 Å². The van der Waals surface area contributed by atoms with Crippen molar-refractivity contribution >= 4 is 6.09 Å². The van der Waals surface area contributed by atoms with Crippen LogP contribution >= 0.6 is 0 Å². The predicted molar refractivity (Wildman–Crippen MR) is 56.7 cm³/mol. The van der Waals surface area contributed by atoms with Crippen LogP contribution in [0.25, 0.3) is 0 Å². The zero-order chi connectivity index (χ0) is 11.1. The van der Waals surface area contributed by atoms with Crippen LogP contribution in [0.5, 0.6) is 0 Å². The van der Waals surface area contributed by atoms with Crippen molar-refractivity contribution in [3.63, 3.8) is 0 Å². The van der Waals surface area contributed by atoms with E-state index in [-0.39, 0.29) is 6.04 Å². The molecule has 88 valence electrons. The van der Waals surface area contributed by atoms with Crippen molar-refractivity contribution < 1.29 is 14.6 Å². The standard InChI is InChI=1S/C10H20N2O3/c1-2-3-6-15-10(14)12-8-7-11-5-4-9(8)13/h8-9,11,13H,2-7H2,1H3,(H,12,14). The predicted octanol–water partition coefficient (Wildman–Crippen LogP) is 0.235. The molecule has 5 heteroatoms. The number of carbonyl (C=O) groups excluding carboxylic acids is 1. The Morgan fingerprint density at radius 3 is 3.13 bits per heavy atom. The van der Waals surface area contributed by atoms with Gasteiger partial charge in [-0.1, -0.05) is 13.3 Å². The van der Waals surface area contributed by atoms with Crippen LogP contribution in [0.1, 0.15) is 26.2 Å². The summed E-state index contributed by atoms with van der Waals surface area (Å²) in [6.45, 7) is 3.88. The molecule has 2 unspecified atom stereocenters. The third-order valence-electron chi connectivity index (χ3n) is 2.48. The molecular weight excluding hydrogens is 196 g/mol. The molecule has 1 heterocycles. The Morgan fingerprint density at radius 2 is 2.47 bits per heavy atom. The first-order valence-corrected chi connectivity index (χ1v) is 5.56. The van der Waals surface area contributed by atoms with Crippen molar-refractivity contribution in [3.05, 3.63) is 0 Å². The fourth-order valence-corrected chi connectivity index (χ4v) is 1.49. The SMILES string of the molecule is CCCCOC(=O)NC1CNCCC1O. The van der Waals surface area contributed by atoms with E-state index >= 15 is 0 Å². The van der Waals surface area contributed by atoms with Crippen LogP contribution in [-0.2, 0) is 4.74 Å². The third kappa shape index (κ3) is 4.48. The molecule has 0 spiro atoms. The van der Waals surface area contributed by atoms with Gasteiger partial charge in [0.1, 0.15) is 0 Å². The zero-order valence-electron chi connectivity index (χ0n) is 9.16. The summed E-state index contributed by atoms with van der Waals surface area (Å²) in [5.74, 6) is 0. The van der Waals surface area contributed by atoms with Crippen LogP contribution in [-0.4, -0.2) is 43.0 Å². The van der Waals surface area contributed by atoms with Crippen LogP contribution in [0.2, 0.25) is 0 Å². The van der Waals surface area contributed by atoms with Crippen LogP contribution in [0.4, 0.5) is 4.79 Å². The molecule has 0 bridgehead atoms. The monoisotopic (exact) mass is 216 g/mol. The van der Waals surface area contributed by atoms with Crippen molar-refractivity contribution in [3.8, 4) is 0 Å². The number of carbonyl (C=O) groups is 1. The summed E-state index contributed by atoms with van der Waals surface area (Å²) in [7, 11) is 0. The highest BCUT2D eigenvalue weighted by atomic mass is 16.5. The largest absolute Gasteiger partial charge is 0.450 e. The lowest BCUT2D eigenvalue weighted by molar-refractivity contribution is 0.0859. The molecule has 1 fully saturated rings. The van der Waals surface area contributed by atoms with Crippen molar-refractivity contribution in [2.24, 2.45) is 0 Å². The van der Waals surface area contributed by atoms with Gasteiger partial charge in [0.05, 0.1) is 18.8 Å². The number of rotatable bonds is 4. The van der Waals surface area contributed by atoms with E-state index < -0.39 is 12.2 Å². The molecule has 5 nitrogen and oxygen atoms in total. The van der Waals surface area contributed by atoms with Crippen molar-refractivity contribution in [1.29, 1.82) is 0 Å². The first kappa shape index (κ1) is 12.3. The minimum atomic E-state index is -0.468. The molecule has 1 rings (SSSR count). The van der Waals surface area contributed by atoms with Gasteiger partial charge in [-0.15, -0.1) is 0 Å². The molecule has 3 N–H and O–H groups in total. The maximum atomic E-state index is 11.3. The highest BCUT2D eigenvalue weighted by Gasteiger charge is 2.24. The fraction of sp³-hybridized carbons (Fsp3) is 0.900. The molecule has 1 aliphatic rings. The van der Waals surface area contributed by atoms with Gasteiger partial charge >= 0.3 is 6.09 Å². The molecule has 0 radical (unpaired) electrons. The van der Waals surface area contributed by atoms with E-state index in [1.165, 1.54) is 0 Å². The lowest BCUT2D eigenvalue weighted by Crippen LogP contribution is -2.53. The second-order valence-corrected chi connectivity index (χ2v) is 3.80. The van der Waals surface area contributed by atoms with E-state index in [0.29, 0.717) is 19.6 Å². The van der Waals surface area contributed by atoms with Crippen molar-refractivity contribution in [1.82, 2.24) is 10.6 Å². The van der Waals surface area contributed by atoms with Gasteiger partial charge in [0.15, 0.2) is 0 Å². The van der Waals surface area contributed by atoms with Crippen LogP contribution in [0, 0.1) is 0 Å². The van der Waals surface area contributed by atoms with Crippen LogP contribution in [0.15, 0.2) is 0 Å². The molecule has 1 saturated heterocycles. The van der Waals surface area contributed by atoms with Crippen molar-refractivity contribution in [2.45, 2.75) is 38.3 Å². The molecule has 15 heavy (non-hydrogen) atoms. The number of ether oxygens (including phenoxy) is 1. The quantitative estimate of drug-likeness (QED) is 0.589. The minimum absolute atomic E-state index is 0.229. The summed E-state index contributed by atoms with van der Waals surface area (Å²) < 4.78 is 4.94. The van der Waals surface area contributed by atoms with Crippen LogP contribution < -0.4 is 10.6 Å². The van der Waals surface area contributed by atoms with E-state index in [9.17, 15) is 9.90 Å². The Morgan fingerprint density at radius 1 is 1.67 bits per heavy atom. The van der Waals surface area contributed by atoms with E-state index in [1.807, 2.05) is 6.92 Å². The number of aliphatic hydroxyl groups is 1. The van der Waals surface area contributed by atoms with Crippen molar-refractivity contribution in [2.75, 3.05) is 19.7 Å². The van der Waals surface area contributed by atoms with Gasteiger partial charge in [-0.05, 0) is 19.4 Å². The number of alkyl carbamates (subject to hydrolysis) is 1. The molecule has 0 aromatic heterocycles. The highest BCUT2D eigenvalue weighted by molar-refractivity contribution is 5.67. The van der Waals surface area contributed by atoms with E-state index in [2.05, 4.69) is 10.6 Å². The molecule has 2 atom stereocenters. The first-order valence-electron chi connectivity index (χ1n) is 5.56. The van der Waals surface area contributed by atoms with Gasteiger partial charge < -0.3 is 20.5 Å². The maximum Gasteiger partial charge on any atom is 0.407 e. The number of amides is 1. The summed E-state index contributed by atoms with van der Waals surface area (Å²) >= 11 is 0. The highest BCUT2D eigenvalue weighted by Crippen LogP contribution is 2.03. The maximum absolute atomic E-state index is 11.3. The minimum Gasteiger partial charge on any atom is -0.450 e. The average Bonchev–Trinajstić information content (AvgIpc) is 2.22. The Hall–Kier alpha value is -0.810. The van der Waals surface area contributed by atoms with Gasteiger partial charge in [0.25, 0.3) is 0 Å². The topological polar surface area (TPSA) is 70.6 Å². The lowest BCUT2D eigenvalue weighted by Gasteiger charge is -2.28. The van der Waals surface area contributed by atoms with Crippen LogP contribution in [0.3, 0.4) is 0 Å². The number of nitrogens with one attached hydrogen (secondary N) is 2. The number of aliphatic hydroxyl groups excluding tert-OH is 1. The average molecular weight is 216 g/mol. The number of hydrogen-bond acceptors (Lipinski definition) is 4. The van der Waals surface area contributed by atoms with E-state index in [1.54, 1.807) is 0 Å². The molecular formula is C10H20N2O3. The summed E-state index contributed by atoms with van der Waals surface area (Å²) in [5, 5.41) is 15.3. The third-order valence-corrected chi connectivity index (χ3v) is 2.48. The second-order valence-electron chi connectivity index (χ2n) is 3.80. The molecule has 0 saturated carbocycles. The molecule has 1 aliphatic heterocycles. The normalized spacial score (nSPS) is 26.0. The summed E-state index contributed by atoms with van der Waals surface area (Å²) in [6.07, 6.45) is 1.64. The van der Waals surface area contributed by atoms with Gasteiger partial charge in [-0.25, -0.2) is 4.79 Å².